The first-order valence-electron chi connectivity index (χ1n) is 17.2. The minimum absolute atomic E-state index is 0.905. The summed E-state index contributed by atoms with van der Waals surface area (Å²) in [6, 6.07) is 60.1. The number of rotatable bonds is 5. The molecule has 4 nitrogen and oxygen atoms in total. The van der Waals surface area contributed by atoms with E-state index in [1.807, 2.05) is 18.5 Å². The zero-order chi connectivity index (χ0) is 33.7. The van der Waals surface area contributed by atoms with Crippen LogP contribution < -0.4 is 4.90 Å². The van der Waals surface area contributed by atoms with Gasteiger partial charge in [0.05, 0.1) is 22.2 Å². The molecule has 0 aliphatic carbocycles. The third-order valence-corrected chi connectivity index (χ3v) is 9.89. The number of pyridine rings is 3. The molecule has 0 amide bonds. The fourth-order valence-electron chi connectivity index (χ4n) is 7.54. The molecule has 238 valence electrons. The van der Waals surface area contributed by atoms with Crippen LogP contribution in [0.4, 0.5) is 17.1 Å². The van der Waals surface area contributed by atoms with Gasteiger partial charge in [0.1, 0.15) is 0 Å². The molecule has 0 unspecified atom stereocenters. The summed E-state index contributed by atoms with van der Waals surface area (Å²) in [5, 5.41) is 7.97. The number of para-hydroxylation sites is 2. The van der Waals surface area contributed by atoms with E-state index in [0.717, 1.165) is 77.5 Å². The number of fused-ring (bicyclic) bond motifs is 8. The molecule has 3 aromatic heterocycles. The standard InChI is InChI=1S/C47H30N4/c1-4-11-32(12-5-1)45-41-25-19-31-18-22-37(51(35-14-6-2-7-15-35)36-16-8-3-9-17-36)30-42(31)44(41)40-24-21-34(29-43(40)50-45)38-26-28-49-47-39(38)23-20-33-13-10-27-48-46(33)47/h1-30H. The molecule has 0 fully saturated rings. The Morgan fingerprint density at radius 1 is 0.392 bits per heavy atom. The molecule has 0 bridgehead atoms. The van der Waals surface area contributed by atoms with Gasteiger partial charge in [-0.15, -0.1) is 0 Å². The van der Waals surface area contributed by atoms with E-state index in [-0.39, 0.29) is 0 Å². The van der Waals surface area contributed by atoms with Gasteiger partial charge in [0.2, 0.25) is 0 Å². The Morgan fingerprint density at radius 3 is 1.84 bits per heavy atom. The molecule has 0 saturated carbocycles. The minimum Gasteiger partial charge on any atom is -0.310 e. The van der Waals surface area contributed by atoms with E-state index in [1.54, 1.807) is 0 Å². The largest absolute Gasteiger partial charge is 0.310 e. The summed E-state index contributed by atoms with van der Waals surface area (Å²) in [5.74, 6) is 0. The molecule has 0 atom stereocenters. The molecule has 0 radical (unpaired) electrons. The Morgan fingerprint density at radius 2 is 1.06 bits per heavy atom. The van der Waals surface area contributed by atoms with Crippen molar-refractivity contribution >= 4 is 71.3 Å². The summed E-state index contributed by atoms with van der Waals surface area (Å²) in [6.45, 7) is 0. The summed E-state index contributed by atoms with van der Waals surface area (Å²) < 4.78 is 0. The van der Waals surface area contributed by atoms with Crippen molar-refractivity contribution in [2.75, 3.05) is 4.90 Å². The molecule has 0 aliphatic rings. The third kappa shape index (κ3) is 4.88. The number of aromatic nitrogens is 3. The van der Waals surface area contributed by atoms with Crippen molar-refractivity contribution in [1.29, 1.82) is 0 Å². The van der Waals surface area contributed by atoms with E-state index in [2.05, 4.69) is 174 Å². The van der Waals surface area contributed by atoms with Crippen LogP contribution in [0.5, 0.6) is 0 Å². The molecule has 4 heteroatoms. The Hall–Kier alpha value is -6.91. The Balaban J connectivity index is 1.25. The van der Waals surface area contributed by atoms with Crippen molar-refractivity contribution in [2.45, 2.75) is 0 Å². The molecule has 0 aliphatic heterocycles. The van der Waals surface area contributed by atoms with E-state index in [1.165, 1.54) is 16.2 Å². The summed E-state index contributed by atoms with van der Waals surface area (Å²) in [7, 11) is 0. The van der Waals surface area contributed by atoms with Gasteiger partial charge in [0, 0.05) is 62.0 Å². The van der Waals surface area contributed by atoms with Gasteiger partial charge in [0.15, 0.2) is 0 Å². The maximum Gasteiger partial charge on any atom is 0.0970 e. The summed E-state index contributed by atoms with van der Waals surface area (Å²) in [4.78, 5) is 17.2. The molecular formula is C47H30N4. The van der Waals surface area contributed by atoms with E-state index < -0.39 is 0 Å². The van der Waals surface area contributed by atoms with Crippen LogP contribution >= 0.6 is 0 Å². The molecule has 51 heavy (non-hydrogen) atoms. The van der Waals surface area contributed by atoms with Gasteiger partial charge in [-0.1, -0.05) is 115 Å². The Labute approximate surface area is 294 Å². The smallest absolute Gasteiger partial charge is 0.0970 e. The van der Waals surface area contributed by atoms with Crippen molar-refractivity contribution in [2.24, 2.45) is 0 Å². The van der Waals surface area contributed by atoms with Gasteiger partial charge in [-0.3, -0.25) is 9.97 Å². The highest BCUT2D eigenvalue weighted by Gasteiger charge is 2.18. The zero-order valence-electron chi connectivity index (χ0n) is 27.6. The van der Waals surface area contributed by atoms with E-state index in [0.29, 0.717) is 0 Å². The second-order valence-electron chi connectivity index (χ2n) is 12.9. The SMILES string of the molecule is c1ccc(-c2nc3cc(-c4ccnc5c4ccc4cccnc45)ccc3c3c2ccc2ccc(N(c4ccccc4)c4ccccc4)cc23)cc1. The summed E-state index contributed by atoms with van der Waals surface area (Å²) >= 11 is 0. The topological polar surface area (TPSA) is 41.9 Å². The number of anilines is 3. The number of hydrogen-bond acceptors (Lipinski definition) is 4. The number of benzene rings is 7. The second kappa shape index (κ2) is 11.9. The first kappa shape index (κ1) is 29.0. The molecule has 10 aromatic rings. The maximum absolute atomic E-state index is 5.41. The average molecular weight is 651 g/mol. The van der Waals surface area contributed by atoms with Crippen LogP contribution in [0.25, 0.3) is 76.6 Å². The lowest BCUT2D eigenvalue weighted by Gasteiger charge is -2.26. The fourth-order valence-corrected chi connectivity index (χ4v) is 7.54. The molecule has 10 rings (SSSR count). The normalized spacial score (nSPS) is 11.5. The second-order valence-corrected chi connectivity index (χ2v) is 12.9. The van der Waals surface area contributed by atoms with Crippen LogP contribution in [0.1, 0.15) is 0 Å². The molecule has 3 heterocycles. The monoisotopic (exact) mass is 650 g/mol. The van der Waals surface area contributed by atoms with Crippen molar-refractivity contribution in [1.82, 2.24) is 15.0 Å². The maximum atomic E-state index is 5.41. The fraction of sp³-hybridized carbons (Fsp3) is 0. The van der Waals surface area contributed by atoms with Crippen LogP contribution in [0.15, 0.2) is 182 Å². The summed E-state index contributed by atoms with van der Waals surface area (Å²) in [6.07, 6.45) is 3.72. The first-order valence-corrected chi connectivity index (χ1v) is 17.2. The lowest BCUT2D eigenvalue weighted by atomic mass is 9.93. The number of nitrogens with zero attached hydrogens (tertiary/aromatic N) is 4. The van der Waals surface area contributed by atoms with Crippen LogP contribution in [0.2, 0.25) is 0 Å². The minimum atomic E-state index is 0.905. The van der Waals surface area contributed by atoms with E-state index in [4.69, 9.17) is 9.97 Å². The van der Waals surface area contributed by atoms with Crippen LogP contribution in [-0.4, -0.2) is 15.0 Å². The predicted molar refractivity (Wildman–Crippen MR) is 213 cm³/mol. The van der Waals surface area contributed by atoms with Gasteiger partial charge in [0.25, 0.3) is 0 Å². The molecule has 0 spiro atoms. The van der Waals surface area contributed by atoms with Gasteiger partial charge in [-0.2, -0.15) is 0 Å². The average Bonchev–Trinajstić information content (AvgIpc) is 3.21. The molecule has 0 N–H and O–H groups in total. The molecule has 7 aromatic carbocycles. The first-order chi connectivity index (χ1) is 25.3. The van der Waals surface area contributed by atoms with Gasteiger partial charge in [-0.05, 0) is 76.5 Å². The highest BCUT2D eigenvalue weighted by atomic mass is 15.1. The Bertz CT molecular complexity index is 2870. The van der Waals surface area contributed by atoms with Crippen molar-refractivity contribution < 1.29 is 0 Å². The highest BCUT2D eigenvalue weighted by Crippen LogP contribution is 2.42. The van der Waals surface area contributed by atoms with Crippen molar-refractivity contribution in [3.05, 3.63) is 182 Å². The van der Waals surface area contributed by atoms with Gasteiger partial charge >= 0.3 is 0 Å². The van der Waals surface area contributed by atoms with Crippen LogP contribution in [-0.2, 0) is 0 Å². The van der Waals surface area contributed by atoms with E-state index in [9.17, 15) is 0 Å². The Kier molecular flexibility index (Phi) is 6.78. The van der Waals surface area contributed by atoms with Crippen LogP contribution in [0.3, 0.4) is 0 Å². The van der Waals surface area contributed by atoms with Gasteiger partial charge in [-0.25, -0.2) is 4.98 Å². The predicted octanol–water partition coefficient (Wildman–Crippen LogP) is 12.4. The molecule has 0 saturated heterocycles. The van der Waals surface area contributed by atoms with Crippen LogP contribution in [0, 0.1) is 0 Å². The lowest BCUT2D eigenvalue weighted by Crippen LogP contribution is -2.09. The van der Waals surface area contributed by atoms with E-state index >= 15 is 0 Å². The quantitative estimate of drug-likeness (QED) is 0.174. The summed E-state index contributed by atoms with van der Waals surface area (Å²) in [5.41, 5.74) is 10.3. The highest BCUT2D eigenvalue weighted by molar-refractivity contribution is 6.23. The lowest BCUT2D eigenvalue weighted by molar-refractivity contribution is 1.29. The number of hydrogen-bond donors (Lipinski definition) is 0. The third-order valence-electron chi connectivity index (χ3n) is 9.89. The zero-order valence-corrected chi connectivity index (χ0v) is 27.6. The molecular weight excluding hydrogens is 621 g/mol. The van der Waals surface area contributed by atoms with Crippen molar-refractivity contribution in [3.63, 3.8) is 0 Å². The van der Waals surface area contributed by atoms with Crippen molar-refractivity contribution in [3.8, 4) is 22.4 Å². The van der Waals surface area contributed by atoms with Gasteiger partial charge < -0.3 is 4.90 Å².